The molecule has 6 heteroatoms. The first-order chi connectivity index (χ1) is 13.8. The molecule has 4 rings (SSSR count). The third-order valence-corrected chi connectivity index (χ3v) is 4.90. The minimum absolute atomic E-state index is 0.448. The summed E-state index contributed by atoms with van der Waals surface area (Å²) in [4.78, 5) is 11.6. The van der Waals surface area contributed by atoms with Crippen molar-refractivity contribution in [2.75, 3.05) is 0 Å². The Labute approximate surface area is 169 Å². The molecule has 0 aliphatic rings. The van der Waals surface area contributed by atoms with Gasteiger partial charge in [-0.2, -0.15) is 10.2 Å². The van der Waals surface area contributed by atoms with E-state index in [4.69, 9.17) is 5.73 Å². The Kier molecular flexibility index (Phi) is 4.44. The molecule has 0 bridgehead atoms. The highest BCUT2D eigenvalue weighted by Crippen LogP contribution is 2.29. The Balaban J connectivity index is 1.77. The zero-order valence-electron chi connectivity index (χ0n) is 16.5. The molecule has 6 nitrogen and oxygen atoms in total. The van der Waals surface area contributed by atoms with Gasteiger partial charge in [0.25, 0.3) is 0 Å². The highest BCUT2D eigenvalue weighted by molar-refractivity contribution is 5.87. The van der Waals surface area contributed by atoms with Gasteiger partial charge in [0, 0.05) is 30.6 Å². The van der Waals surface area contributed by atoms with E-state index in [1.165, 1.54) is 0 Å². The fourth-order valence-electron chi connectivity index (χ4n) is 3.05. The summed E-state index contributed by atoms with van der Waals surface area (Å²) in [6.07, 6.45) is 7.54. The van der Waals surface area contributed by atoms with E-state index in [0.29, 0.717) is 0 Å². The van der Waals surface area contributed by atoms with Gasteiger partial charge in [-0.1, -0.05) is 36.1 Å². The van der Waals surface area contributed by atoms with Crippen LogP contribution in [-0.2, 0) is 11.8 Å². The zero-order valence-corrected chi connectivity index (χ0v) is 16.5. The van der Waals surface area contributed by atoms with E-state index in [0.717, 1.165) is 33.3 Å². The number of hydrogen-bond donors (Lipinski definition) is 1. The van der Waals surface area contributed by atoms with Crippen molar-refractivity contribution in [1.82, 2.24) is 19.4 Å². The summed E-state index contributed by atoms with van der Waals surface area (Å²) in [5.74, 6) is 5.67. The molecule has 0 radical (unpaired) electrons. The highest BCUT2D eigenvalue weighted by Gasteiger charge is 2.21. The van der Waals surface area contributed by atoms with Crippen molar-refractivity contribution in [1.29, 1.82) is 0 Å². The van der Waals surface area contributed by atoms with E-state index in [9.17, 15) is 4.79 Å². The molecule has 0 saturated carbocycles. The second kappa shape index (κ2) is 6.95. The molecule has 0 aliphatic heterocycles. The van der Waals surface area contributed by atoms with Crippen molar-refractivity contribution in [2.45, 2.75) is 13.8 Å². The normalized spacial score (nSPS) is 11.3. The summed E-state index contributed by atoms with van der Waals surface area (Å²) in [5, 5.41) is 8.69. The summed E-state index contributed by atoms with van der Waals surface area (Å²) in [7, 11) is 1.90. The first-order valence-corrected chi connectivity index (χ1v) is 9.24. The standard InChI is InChI=1S/C23H21N5O/c1-23(2,22(24)29)11-10-18-5-4-12-28-21(18)20(14-26-28)17-8-6-16(7-9-17)19-13-25-27(3)15-19/h4-9,12-15H,1-3H3,(H2,24,29). The number of aryl methyl sites for hydroxylation is 1. The minimum atomic E-state index is -0.904. The van der Waals surface area contributed by atoms with Gasteiger partial charge in [0.15, 0.2) is 0 Å². The van der Waals surface area contributed by atoms with E-state index >= 15 is 0 Å². The smallest absolute Gasteiger partial charge is 0.235 e. The summed E-state index contributed by atoms with van der Waals surface area (Å²) in [6, 6.07) is 12.1. The first-order valence-electron chi connectivity index (χ1n) is 9.24. The van der Waals surface area contributed by atoms with E-state index in [-0.39, 0.29) is 0 Å². The Morgan fingerprint density at radius 1 is 1.03 bits per heavy atom. The molecule has 3 aromatic heterocycles. The van der Waals surface area contributed by atoms with Crippen LogP contribution in [0.3, 0.4) is 0 Å². The Morgan fingerprint density at radius 3 is 2.41 bits per heavy atom. The Hall–Kier alpha value is -3.85. The van der Waals surface area contributed by atoms with Gasteiger partial charge >= 0.3 is 0 Å². The fourth-order valence-corrected chi connectivity index (χ4v) is 3.05. The second-order valence-electron chi connectivity index (χ2n) is 7.49. The van der Waals surface area contributed by atoms with Crippen LogP contribution >= 0.6 is 0 Å². The number of aromatic nitrogens is 4. The van der Waals surface area contributed by atoms with Crippen molar-refractivity contribution >= 4 is 11.4 Å². The van der Waals surface area contributed by atoms with Gasteiger partial charge in [0.2, 0.25) is 5.91 Å². The van der Waals surface area contributed by atoms with Crippen LogP contribution in [0.4, 0.5) is 0 Å². The average molecular weight is 383 g/mol. The molecular weight excluding hydrogens is 362 g/mol. The Morgan fingerprint density at radius 2 is 1.76 bits per heavy atom. The molecular formula is C23H21N5O. The van der Waals surface area contributed by atoms with Crippen molar-refractivity contribution in [3.05, 3.63) is 66.7 Å². The largest absolute Gasteiger partial charge is 0.368 e. The van der Waals surface area contributed by atoms with Crippen molar-refractivity contribution in [2.24, 2.45) is 18.2 Å². The third-order valence-electron chi connectivity index (χ3n) is 4.90. The predicted octanol–water partition coefficient (Wildman–Crippen LogP) is 3.26. The average Bonchev–Trinajstić information content (AvgIpc) is 3.33. The predicted molar refractivity (Wildman–Crippen MR) is 113 cm³/mol. The monoisotopic (exact) mass is 383 g/mol. The maximum Gasteiger partial charge on any atom is 0.235 e. The molecule has 0 spiro atoms. The number of nitrogens with two attached hydrogens (primary N) is 1. The third kappa shape index (κ3) is 3.50. The van der Waals surface area contributed by atoms with Gasteiger partial charge in [-0.15, -0.1) is 0 Å². The van der Waals surface area contributed by atoms with Crippen molar-refractivity contribution in [3.63, 3.8) is 0 Å². The molecule has 0 atom stereocenters. The maximum atomic E-state index is 11.6. The van der Waals surface area contributed by atoms with E-state index in [2.05, 4.69) is 46.3 Å². The molecule has 4 aromatic rings. The molecule has 0 saturated heterocycles. The second-order valence-corrected chi connectivity index (χ2v) is 7.49. The number of primary amides is 1. The quantitative estimate of drug-likeness (QED) is 0.552. The van der Waals surface area contributed by atoms with Crippen LogP contribution in [-0.4, -0.2) is 25.3 Å². The highest BCUT2D eigenvalue weighted by atomic mass is 16.1. The lowest BCUT2D eigenvalue weighted by Gasteiger charge is -2.11. The number of nitrogens with zero attached hydrogens (tertiary/aromatic N) is 4. The van der Waals surface area contributed by atoms with Crippen molar-refractivity contribution < 1.29 is 4.79 Å². The van der Waals surface area contributed by atoms with Crippen LogP contribution in [0.5, 0.6) is 0 Å². The minimum Gasteiger partial charge on any atom is -0.368 e. The van der Waals surface area contributed by atoms with Crippen LogP contribution in [0.25, 0.3) is 27.8 Å². The first kappa shape index (κ1) is 18.5. The maximum absolute atomic E-state index is 11.6. The summed E-state index contributed by atoms with van der Waals surface area (Å²) in [5.41, 5.74) is 10.4. The number of fused-ring (bicyclic) bond motifs is 1. The fraction of sp³-hybridized carbons (Fsp3) is 0.174. The molecule has 1 amide bonds. The van der Waals surface area contributed by atoms with Gasteiger partial charge in [-0.3, -0.25) is 9.48 Å². The van der Waals surface area contributed by atoms with Crippen LogP contribution < -0.4 is 5.73 Å². The van der Waals surface area contributed by atoms with Gasteiger partial charge in [-0.25, -0.2) is 4.52 Å². The molecule has 29 heavy (non-hydrogen) atoms. The Bertz CT molecular complexity index is 1270. The number of carbonyl (C=O) groups is 1. The van der Waals surface area contributed by atoms with E-state index in [1.54, 1.807) is 23.0 Å². The molecule has 2 N–H and O–H groups in total. The van der Waals surface area contributed by atoms with E-state index in [1.807, 2.05) is 44.0 Å². The van der Waals surface area contributed by atoms with Crippen LogP contribution in [0, 0.1) is 17.3 Å². The number of amides is 1. The molecule has 0 aliphatic carbocycles. The van der Waals surface area contributed by atoms with Crippen LogP contribution in [0.1, 0.15) is 19.4 Å². The molecule has 3 heterocycles. The van der Waals surface area contributed by atoms with Crippen LogP contribution in [0.15, 0.2) is 61.2 Å². The molecule has 1 aromatic carbocycles. The van der Waals surface area contributed by atoms with Gasteiger partial charge < -0.3 is 5.73 Å². The number of hydrogen-bond acceptors (Lipinski definition) is 3. The molecule has 144 valence electrons. The number of pyridine rings is 1. The number of benzene rings is 1. The zero-order chi connectivity index (χ0) is 20.6. The summed E-state index contributed by atoms with van der Waals surface area (Å²) >= 11 is 0. The summed E-state index contributed by atoms with van der Waals surface area (Å²) < 4.78 is 3.58. The lowest BCUT2D eigenvalue weighted by atomic mass is 9.93. The topological polar surface area (TPSA) is 78.2 Å². The van der Waals surface area contributed by atoms with E-state index < -0.39 is 11.3 Å². The van der Waals surface area contributed by atoms with Crippen LogP contribution in [0.2, 0.25) is 0 Å². The van der Waals surface area contributed by atoms with Gasteiger partial charge in [0.1, 0.15) is 5.41 Å². The SMILES string of the molecule is Cn1cc(-c2ccc(-c3cnn4cccc(C#CC(C)(C)C(N)=O)c34)cc2)cn1. The van der Waals surface area contributed by atoms with Crippen molar-refractivity contribution in [3.8, 4) is 34.1 Å². The van der Waals surface area contributed by atoms with Gasteiger partial charge in [-0.05, 0) is 37.1 Å². The molecule has 0 fully saturated rings. The number of carbonyl (C=O) groups excluding carboxylic acids is 1. The lowest BCUT2D eigenvalue weighted by Crippen LogP contribution is -2.29. The molecule has 0 unspecified atom stereocenters. The number of rotatable bonds is 3. The van der Waals surface area contributed by atoms with Gasteiger partial charge in [0.05, 0.1) is 23.5 Å². The summed E-state index contributed by atoms with van der Waals surface area (Å²) in [6.45, 7) is 3.44. The lowest BCUT2D eigenvalue weighted by molar-refractivity contribution is -0.123.